The van der Waals surface area contributed by atoms with Crippen LogP contribution in [0.1, 0.15) is 33.3 Å². The van der Waals surface area contributed by atoms with Crippen molar-refractivity contribution in [3.05, 3.63) is 36.2 Å². The topological polar surface area (TPSA) is 9.23 Å². The molecular formula is C12H17O. The van der Waals surface area contributed by atoms with Gasteiger partial charge in [0.15, 0.2) is 0 Å². The van der Waals surface area contributed by atoms with E-state index >= 15 is 0 Å². The van der Waals surface area contributed by atoms with Crippen LogP contribution in [0.25, 0.3) is 0 Å². The van der Waals surface area contributed by atoms with Crippen LogP contribution in [0, 0.1) is 6.42 Å². The zero-order chi connectivity index (χ0) is 9.90. The summed E-state index contributed by atoms with van der Waals surface area (Å²) in [5.74, 6) is 0.929. The van der Waals surface area contributed by atoms with E-state index in [1.807, 2.05) is 39.8 Å². The zero-order valence-corrected chi connectivity index (χ0v) is 8.79. The Morgan fingerprint density at radius 1 is 1.08 bits per heavy atom. The van der Waals surface area contributed by atoms with Crippen LogP contribution in [-0.4, -0.2) is 5.60 Å². The molecule has 1 nitrogen and oxygen atoms in total. The molecule has 0 unspecified atom stereocenters. The summed E-state index contributed by atoms with van der Waals surface area (Å²) in [7, 11) is 0. The van der Waals surface area contributed by atoms with E-state index in [1.54, 1.807) is 0 Å². The fourth-order valence-corrected chi connectivity index (χ4v) is 1.08. The molecule has 0 aliphatic heterocycles. The van der Waals surface area contributed by atoms with Gasteiger partial charge in [0.2, 0.25) is 0 Å². The third-order valence-electron chi connectivity index (χ3n) is 1.64. The minimum Gasteiger partial charge on any atom is -0.488 e. The van der Waals surface area contributed by atoms with Crippen LogP contribution in [0.2, 0.25) is 0 Å². The molecule has 13 heavy (non-hydrogen) atoms. The lowest BCUT2D eigenvalue weighted by atomic mass is 10.1. The Balaban J connectivity index is 2.70. The highest BCUT2D eigenvalue weighted by atomic mass is 16.5. The molecule has 0 saturated heterocycles. The Bertz CT molecular complexity index is 253. The molecule has 1 heteroatoms. The van der Waals surface area contributed by atoms with Crippen LogP contribution >= 0.6 is 0 Å². The highest BCUT2D eigenvalue weighted by molar-refractivity contribution is 5.30. The monoisotopic (exact) mass is 177 g/mol. The third-order valence-corrected chi connectivity index (χ3v) is 1.64. The van der Waals surface area contributed by atoms with Crippen molar-refractivity contribution in [2.45, 2.75) is 33.3 Å². The first-order valence-corrected chi connectivity index (χ1v) is 4.60. The minimum atomic E-state index is -0.114. The highest BCUT2D eigenvalue weighted by Gasteiger charge is 2.10. The predicted octanol–water partition coefficient (Wildman–Crippen LogP) is 3.44. The molecule has 1 aromatic carbocycles. The Morgan fingerprint density at radius 2 is 1.62 bits per heavy atom. The van der Waals surface area contributed by atoms with Gasteiger partial charge in [-0.2, -0.15) is 0 Å². The molecule has 0 amide bonds. The van der Waals surface area contributed by atoms with Crippen molar-refractivity contribution in [2.75, 3.05) is 0 Å². The first-order chi connectivity index (χ1) is 6.01. The third kappa shape index (κ3) is 3.49. The van der Waals surface area contributed by atoms with E-state index in [0.717, 1.165) is 5.75 Å². The maximum Gasteiger partial charge on any atom is 0.120 e. The molecule has 0 aromatic heterocycles. The number of benzene rings is 1. The average Bonchev–Trinajstić information content (AvgIpc) is 2.03. The van der Waals surface area contributed by atoms with Crippen molar-refractivity contribution in [3.63, 3.8) is 0 Å². The van der Waals surface area contributed by atoms with Crippen molar-refractivity contribution in [1.29, 1.82) is 0 Å². The standard InChI is InChI=1S/C12H17O/c1-5-10-6-8-11(9-7-10)13-12(2,3)4/h5-9H,1-4H3. The van der Waals surface area contributed by atoms with Gasteiger partial charge < -0.3 is 4.74 Å². The lowest BCUT2D eigenvalue weighted by Gasteiger charge is -2.21. The van der Waals surface area contributed by atoms with Crippen LogP contribution in [-0.2, 0) is 0 Å². The van der Waals surface area contributed by atoms with Gasteiger partial charge in [0.25, 0.3) is 0 Å². The fourth-order valence-electron chi connectivity index (χ4n) is 1.08. The Kier molecular flexibility index (Phi) is 2.97. The molecule has 0 aliphatic rings. The second-order valence-electron chi connectivity index (χ2n) is 4.07. The summed E-state index contributed by atoms with van der Waals surface area (Å²) in [5.41, 5.74) is 1.11. The molecule has 0 heterocycles. The Labute approximate surface area is 80.7 Å². The SMILES string of the molecule is C[CH]c1ccc(OC(C)(C)C)cc1. The minimum absolute atomic E-state index is 0.114. The van der Waals surface area contributed by atoms with Gasteiger partial charge in [-0.15, -0.1) is 0 Å². The molecule has 1 radical (unpaired) electrons. The Hall–Kier alpha value is -0.980. The van der Waals surface area contributed by atoms with Crippen LogP contribution < -0.4 is 4.74 Å². The lowest BCUT2D eigenvalue weighted by Crippen LogP contribution is -2.22. The number of rotatable bonds is 2. The molecule has 0 N–H and O–H groups in total. The first kappa shape index (κ1) is 10.1. The first-order valence-electron chi connectivity index (χ1n) is 4.60. The van der Waals surface area contributed by atoms with Crippen LogP contribution in [0.5, 0.6) is 5.75 Å². The summed E-state index contributed by atoms with van der Waals surface area (Å²) in [5, 5.41) is 0. The van der Waals surface area contributed by atoms with Crippen molar-refractivity contribution in [2.24, 2.45) is 0 Å². The van der Waals surface area contributed by atoms with E-state index in [0.29, 0.717) is 0 Å². The largest absolute Gasteiger partial charge is 0.488 e. The quantitative estimate of drug-likeness (QED) is 0.672. The maximum absolute atomic E-state index is 5.69. The molecule has 0 atom stereocenters. The van der Waals surface area contributed by atoms with Gasteiger partial charge in [-0.05, 0) is 44.9 Å². The van der Waals surface area contributed by atoms with E-state index in [9.17, 15) is 0 Å². The number of hydrogen-bond donors (Lipinski definition) is 0. The van der Waals surface area contributed by atoms with Crippen LogP contribution in [0.3, 0.4) is 0 Å². The van der Waals surface area contributed by atoms with Crippen molar-refractivity contribution in [1.82, 2.24) is 0 Å². The summed E-state index contributed by atoms with van der Waals surface area (Å²) >= 11 is 0. The molecule has 0 bridgehead atoms. The van der Waals surface area contributed by atoms with E-state index < -0.39 is 0 Å². The van der Waals surface area contributed by atoms with Gasteiger partial charge in [-0.3, -0.25) is 0 Å². The molecule has 71 valence electrons. The van der Waals surface area contributed by atoms with Crippen molar-refractivity contribution < 1.29 is 4.74 Å². The van der Waals surface area contributed by atoms with E-state index in [1.165, 1.54) is 5.56 Å². The molecule has 1 aromatic rings. The van der Waals surface area contributed by atoms with Crippen molar-refractivity contribution >= 4 is 0 Å². The van der Waals surface area contributed by atoms with Gasteiger partial charge in [0.05, 0.1) is 0 Å². The molecule has 1 rings (SSSR count). The number of ether oxygens (including phenoxy) is 1. The smallest absolute Gasteiger partial charge is 0.120 e. The van der Waals surface area contributed by atoms with Gasteiger partial charge in [0.1, 0.15) is 11.4 Å². The van der Waals surface area contributed by atoms with Crippen LogP contribution in [0.4, 0.5) is 0 Å². The highest BCUT2D eigenvalue weighted by Crippen LogP contribution is 2.18. The predicted molar refractivity (Wildman–Crippen MR) is 55.9 cm³/mol. The number of hydrogen-bond acceptors (Lipinski definition) is 1. The average molecular weight is 177 g/mol. The van der Waals surface area contributed by atoms with Crippen LogP contribution in [0.15, 0.2) is 24.3 Å². The fraction of sp³-hybridized carbons (Fsp3) is 0.417. The van der Waals surface area contributed by atoms with Gasteiger partial charge in [-0.25, -0.2) is 0 Å². The molecular weight excluding hydrogens is 160 g/mol. The van der Waals surface area contributed by atoms with Gasteiger partial charge >= 0.3 is 0 Å². The lowest BCUT2D eigenvalue weighted by molar-refractivity contribution is 0.131. The van der Waals surface area contributed by atoms with E-state index in [2.05, 4.69) is 18.6 Å². The van der Waals surface area contributed by atoms with E-state index in [-0.39, 0.29) is 5.60 Å². The summed E-state index contributed by atoms with van der Waals surface area (Å²) in [6, 6.07) is 8.11. The maximum atomic E-state index is 5.69. The molecule has 0 fully saturated rings. The summed E-state index contributed by atoms with van der Waals surface area (Å²) in [6.07, 6.45) is 2.07. The van der Waals surface area contributed by atoms with E-state index in [4.69, 9.17) is 4.74 Å². The van der Waals surface area contributed by atoms with Gasteiger partial charge in [0, 0.05) is 0 Å². The summed E-state index contributed by atoms with van der Waals surface area (Å²) in [6.45, 7) is 8.17. The molecule has 0 aliphatic carbocycles. The van der Waals surface area contributed by atoms with Gasteiger partial charge in [-0.1, -0.05) is 19.1 Å². The second kappa shape index (κ2) is 3.82. The summed E-state index contributed by atoms with van der Waals surface area (Å²) < 4.78 is 5.69. The van der Waals surface area contributed by atoms with Crippen molar-refractivity contribution in [3.8, 4) is 5.75 Å². The molecule has 0 saturated carbocycles. The summed E-state index contributed by atoms with van der Waals surface area (Å²) in [4.78, 5) is 0. The normalized spacial score (nSPS) is 11.4. The Morgan fingerprint density at radius 3 is 2.00 bits per heavy atom. The molecule has 0 spiro atoms. The second-order valence-corrected chi connectivity index (χ2v) is 4.07. The zero-order valence-electron chi connectivity index (χ0n) is 8.79.